The molecule has 4 aromatic rings. The zero-order valence-electron chi connectivity index (χ0n) is 31.6. The van der Waals surface area contributed by atoms with Gasteiger partial charge in [0.05, 0.1) is 0 Å². The van der Waals surface area contributed by atoms with Gasteiger partial charge in [0.1, 0.15) is 36.1 Å². The van der Waals surface area contributed by atoms with Crippen molar-refractivity contribution in [2.75, 3.05) is 61.4 Å². The van der Waals surface area contributed by atoms with E-state index in [2.05, 4.69) is 41.8 Å². The summed E-state index contributed by atoms with van der Waals surface area (Å²) in [4.78, 5) is 65.8. The highest BCUT2D eigenvalue weighted by Crippen LogP contribution is 2.48. The van der Waals surface area contributed by atoms with E-state index in [1.807, 2.05) is 19.1 Å². The Morgan fingerprint density at radius 2 is 1.82 bits per heavy atom. The summed E-state index contributed by atoms with van der Waals surface area (Å²) in [5.41, 5.74) is 5.34. The van der Waals surface area contributed by atoms with Crippen LogP contribution in [-0.4, -0.2) is 102 Å². The molecule has 0 spiro atoms. The highest BCUT2D eigenvalue weighted by molar-refractivity contribution is 6.06. The van der Waals surface area contributed by atoms with Crippen LogP contribution in [0.1, 0.15) is 47.2 Å². The molecule has 4 fully saturated rings. The average molecular weight is 775 g/mol. The number of piperidine rings is 3. The van der Waals surface area contributed by atoms with E-state index in [4.69, 9.17) is 9.47 Å². The van der Waals surface area contributed by atoms with Crippen LogP contribution < -0.4 is 25.6 Å². The molecule has 2 unspecified atom stereocenters. The predicted molar refractivity (Wildman–Crippen MR) is 208 cm³/mol. The monoisotopic (exact) mass is 774 g/mol. The summed E-state index contributed by atoms with van der Waals surface area (Å²) >= 11 is 0. The van der Waals surface area contributed by atoms with E-state index < -0.39 is 18.0 Å². The van der Waals surface area contributed by atoms with Gasteiger partial charge in [-0.3, -0.25) is 25.0 Å². The number of fused-ring (bicyclic) bond motifs is 4. The van der Waals surface area contributed by atoms with Gasteiger partial charge in [0.2, 0.25) is 17.7 Å². The molecule has 2 aromatic carbocycles. The van der Waals surface area contributed by atoms with Crippen LogP contribution in [0.25, 0.3) is 21.9 Å². The predicted octanol–water partition coefficient (Wildman–Crippen LogP) is 4.70. The van der Waals surface area contributed by atoms with Gasteiger partial charge < -0.3 is 29.5 Å². The van der Waals surface area contributed by atoms with E-state index in [-0.39, 0.29) is 30.2 Å². The van der Waals surface area contributed by atoms with Gasteiger partial charge in [0.25, 0.3) is 5.91 Å². The Bertz CT molecular complexity index is 2340. The van der Waals surface area contributed by atoms with Gasteiger partial charge in [-0.25, -0.2) is 19.2 Å². The van der Waals surface area contributed by atoms with Crippen LogP contribution in [0.15, 0.2) is 48.8 Å². The second-order valence-electron chi connectivity index (χ2n) is 16.2. The Hall–Kier alpha value is -5.83. The lowest BCUT2D eigenvalue weighted by molar-refractivity contribution is -0.136. The molecule has 5 aliphatic heterocycles. The Labute approximate surface area is 328 Å². The zero-order chi connectivity index (χ0) is 38.9. The van der Waals surface area contributed by atoms with E-state index in [9.17, 15) is 19.2 Å². The van der Waals surface area contributed by atoms with Gasteiger partial charge >= 0.3 is 6.09 Å². The Morgan fingerprint density at radius 3 is 2.63 bits per heavy atom. The number of anilines is 3. The summed E-state index contributed by atoms with van der Waals surface area (Å²) in [5, 5.41) is 9.80. The topological polar surface area (TPSA) is 158 Å². The Kier molecular flexibility index (Phi) is 8.72. The third-order valence-corrected chi connectivity index (χ3v) is 12.7. The molecule has 57 heavy (non-hydrogen) atoms. The highest BCUT2D eigenvalue weighted by Gasteiger charge is 2.58. The van der Waals surface area contributed by atoms with Crippen molar-refractivity contribution in [3.63, 3.8) is 0 Å². The van der Waals surface area contributed by atoms with Crippen molar-refractivity contribution in [3.05, 3.63) is 71.3 Å². The molecule has 10 rings (SSSR count). The molecule has 15 heteroatoms. The molecule has 14 nitrogen and oxygen atoms in total. The van der Waals surface area contributed by atoms with Crippen LogP contribution in [-0.2, 0) is 20.9 Å². The number of pyridine rings is 2. The number of hydrogen-bond acceptors (Lipinski definition) is 11. The highest BCUT2D eigenvalue weighted by atomic mass is 19.1. The normalized spacial score (nSPS) is 24.4. The lowest BCUT2D eigenvalue weighted by atomic mass is 9.95. The van der Waals surface area contributed by atoms with Gasteiger partial charge in [0, 0.05) is 110 Å². The first-order valence-electron chi connectivity index (χ1n) is 19.9. The first kappa shape index (κ1) is 35.6. The Morgan fingerprint density at radius 1 is 1.00 bits per heavy atom. The number of hydrogen-bond donors (Lipinski definition) is 3. The largest absolute Gasteiger partial charge is 0.474 e. The molecule has 3 N–H and O–H groups in total. The molecule has 4 atom stereocenters. The van der Waals surface area contributed by atoms with Crippen LogP contribution in [0.5, 0.6) is 5.88 Å². The Balaban J connectivity index is 0.708. The molecular formula is C42H43FN8O6. The number of likely N-dealkylation sites (tertiary alicyclic amines) is 1. The van der Waals surface area contributed by atoms with E-state index in [1.54, 1.807) is 29.4 Å². The van der Waals surface area contributed by atoms with Gasteiger partial charge in [-0.1, -0.05) is 6.07 Å². The van der Waals surface area contributed by atoms with Crippen LogP contribution in [0.4, 0.5) is 26.4 Å². The number of nitrogens with one attached hydrogen (secondary N) is 3. The molecule has 0 bridgehead atoms. The van der Waals surface area contributed by atoms with E-state index in [1.165, 1.54) is 6.07 Å². The van der Waals surface area contributed by atoms with Crippen molar-refractivity contribution >= 4 is 51.8 Å². The number of carbonyl (C=O) groups excluding carboxylic acids is 4. The molecule has 2 aromatic heterocycles. The van der Waals surface area contributed by atoms with Crippen molar-refractivity contribution < 1.29 is 33.0 Å². The standard InChI is InChI=1S/C42H43FN8O6/c1-22-28(17-46-40-37(22)44-9-12-56-40)27-13-24-15-35(45-16-25(24)14-32(27)43)47-42(55)57-38-30-19-49(20-31(30)38)18-23-7-10-50(11-8-23)33-4-2-3-26-29(33)21-51(41(26)54)34-5-6-36(52)48-39(34)53/h2-4,13-17,23,30-31,34,38,44H,5-12,18-21H2,1H3,(H,45,47,55)(H,48,52,53)/t30-,31+,34?,38?. The van der Waals surface area contributed by atoms with Crippen molar-refractivity contribution in [1.82, 2.24) is 25.1 Å². The number of rotatable bonds is 7. The van der Waals surface area contributed by atoms with Crippen molar-refractivity contribution in [3.8, 4) is 17.0 Å². The smallest absolute Gasteiger partial charge is 0.413 e. The summed E-state index contributed by atoms with van der Waals surface area (Å²) in [6.45, 7) is 8.03. The molecule has 3 saturated heterocycles. The number of benzene rings is 2. The van der Waals surface area contributed by atoms with Crippen LogP contribution in [0, 0.1) is 30.5 Å². The van der Waals surface area contributed by atoms with Crippen molar-refractivity contribution in [2.24, 2.45) is 17.8 Å². The number of nitrogens with zero attached hydrogens (tertiary/aromatic N) is 5. The van der Waals surface area contributed by atoms with E-state index in [0.717, 1.165) is 73.5 Å². The fraction of sp³-hybridized carbons (Fsp3) is 0.429. The fourth-order valence-electron chi connectivity index (χ4n) is 9.66. The van der Waals surface area contributed by atoms with Crippen molar-refractivity contribution in [1.29, 1.82) is 0 Å². The minimum atomic E-state index is -0.625. The number of imide groups is 1. The maximum absolute atomic E-state index is 15.3. The number of amides is 4. The lowest BCUT2D eigenvalue weighted by Gasteiger charge is -2.36. The quantitative estimate of drug-likeness (QED) is 0.224. The maximum atomic E-state index is 15.3. The number of ether oxygens (including phenoxy) is 2. The molecule has 1 aliphatic carbocycles. The van der Waals surface area contributed by atoms with Crippen LogP contribution in [0.3, 0.4) is 0 Å². The van der Waals surface area contributed by atoms with Crippen LogP contribution >= 0.6 is 0 Å². The summed E-state index contributed by atoms with van der Waals surface area (Å²) in [7, 11) is 0. The van der Waals surface area contributed by atoms with Crippen molar-refractivity contribution in [2.45, 2.75) is 51.3 Å². The number of carbonyl (C=O) groups is 4. The van der Waals surface area contributed by atoms with Gasteiger partial charge in [-0.15, -0.1) is 0 Å². The first-order valence-corrected chi connectivity index (χ1v) is 19.9. The minimum Gasteiger partial charge on any atom is -0.474 e. The number of halogens is 1. The van der Waals surface area contributed by atoms with E-state index in [0.29, 0.717) is 77.6 Å². The molecule has 0 radical (unpaired) electrons. The van der Waals surface area contributed by atoms with Gasteiger partial charge in [0.15, 0.2) is 0 Å². The third-order valence-electron chi connectivity index (χ3n) is 12.7. The molecule has 7 heterocycles. The summed E-state index contributed by atoms with van der Waals surface area (Å²) in [6, 6.07) is 10.1. The van der Waals surface area contributed by atoms with Gasteiger partial charge in [-0.05, 0) is 73.4 Å². The zero-order valence-corrected chi connectivity index (χ0v) is 31.6. The van der Waals surface area contributed by atoms with Gasteiger partial charge in [-0.2, -0.15) is 0 Å². The summed E-state index contributed by atoms with van der Waals surface area (Å²) < 4.78 is 26.8. The average Bonchev–Trinajstić information content (AvgIpc) is 3.47. The maximum Gasteiger partial charge on any atom is 0.413 e. The second kappa shape index (κ2) is 14.0. The molecule has 6 aliphatic rings. The molecule has 4 amide bonds. The SMILES string of the molecule is Cc1c(-c2cc3cc(NC(=O)OC4[C@H]5CN(CC6CCN(c7cccc8c7CN(C7CCC(=O)NC7=O)C8=O)CC6)C[C@@H]45)ncc3cc2F)cnc2c1NCCO2. The molecule has 294 valence electrons. The minimum absolute atomic E-state index is 0.121. The molecule has 1 saturated carbocycles. The second-order valence-corrected chi connectivity index (χ2v) is 16.2. The first-order chi connectivity index (χ1) is 27.7. The summed E-state index contributed by atoms with van der Waals surface area (Å²) in [5.74, 6) is 0.801. The molecular weight excluding hydrogens is 732 g/mol. The number of aromatic nitrogens is 2. The van der Waals surface area contributed by atoms with E-state index >= 15 is 4.39 Å². The fourth-order valence-corrected chi connectivity index (χ4v) is 9.66. The third kappa shape index (κ3) is 6.47. The lowest BCUT2D eigenvalue weighted by Crippen LogP contribution is -2.52. The van der Waals surface area contributed by atoms with Crippen LogP contribution in [0.2, 0.25) is 0 Å². The summed E-state index contributed by atoms with van der Waals surface area (Å²) in [6.07, 6.45) is 5.16.